The molecule has 7 heteroatoms. The van der Waals surface area contributed by atoms with E-state index in [1.54, 1.807) is 13.3 Å². The van der Waals surface area contributed by atoms with E-state index in [0.29, 0.717) is 18.6 Å². The Kier molecular flexibility index (Phi) is 7.32. The smallest absolute Gasteiger partial charge is 0.341 e. The van der Waals surface area contributed by atoms with E-state index < -0.39 is 24.0 Å². The predicted octanol–water partition coefficient (Wildman–Crippen LogP) is 4.60. The van der Waals surface area contributed by atoms with Gasteiger partial charge in [0.15, 0.2) is 0 Å². The molecule has 1 aromatic heterocycles. The highest BCUT2D eigenvalue weighted by molar-refractivity contribution is 6.09. The zero-order valence-electron chi connectivity index (χ0n) is 19.2. The van der Waals surface area contributed by atoms with Gasteiger partial charge in [0.05, 0.1) is 13.2 Å². The molecular formula is C27H27N3O4. The number of ether oxygens (including phenoxy) is 2. The summed E-state index contributed by atoms with van der Waals surface area (Å²) in [7, 11) is 1.62. The molecule has 0 fully saturated rings. The normalized spacial score (nSPS) is 17.5. The van der Waals surface area contributed by atoms with E-state index in [4.69, 9.17) is 9.47 Å². The van der Waals surface area contributed by atoms with Crippen LogP contribution in [-0.4, -0.2) is 29.8 Å². The fourth-order valence-corrected chi connectivity index (χ4v) is 4.04. The van der Waals surface area contributed by atoms with Crippen molar-refractivity contribution >= 4 is 17.7 Å². The van der Waals surface area contributed by atoms with Gasteiger partial charge in [0.2, 0.25) is 0 Å². The molecule has 2 unspecified atom stereocenters. The second kappa shape index (κ2) is 10.7. The Morgan fingerprint density at radius 1 is 1.00 bits per heavy atom. The first kappa shape index (κ1) is 23.2. The minimum absolute atomic E-state index is 0.151. The zero-order chi connectivity index (χ0) is 23.9. The molecule has 0 aliphatic carbocycles. The van der Waals surface area contributed by atoms with Gasteiger partial charge in [-0.3, -0.25) is 9.78 Å². The van der Waals surface area contributed by atoms with E-state index >= 15 is 0 Å². The summed E-state index contributed by atoms with van der Waals surface area (Å²) in [6.07, 6.45) is 2.75. The maximum Gasteiger partial charge on any atom is 0.341 e. The average Bonchev–Trinajstić information content (AvgIpc) is 2.86. The highest BCUT2D eigenvalue weighted by Crippen LogP contribution is 2.30. The molecule has 2 heterocycles. The maximum absolute atomic E-state index is 13.4. The van der Waals surface area contributed by atoms with Crippen molar-refractivity contribution in [1.82, 2.24) is 10.3 Å². The number of hydrogen-bond donors (Lipinski definition) is 1. The summed E-state index contributed by atoms with van der Waals surface area (Å²) in [6, 6.07) is 19.8. The molecule has 3 aromatic rings. The molecule has 34 heavy (non-hydrogen) atoms. The number of esters is 1. The minimum atomic E-state index is -0.735. The van der Waals surface area contributed by atoms with E-state index in [0.717, 1.165) is 28.1 Å². The molecule has 2 atom stereocenters. The maximum atomic E-state index is 13.4. The summed E-state index contributed by atoms with van der Waals surface area (Å²) in [4.78, 5) is 34.3. The van der Waals surface area contributed by atoms with Crippen LogP contribution in [-0.2, 0) is 22.6 Å². The Balaban J connectivity index is 1.59. The molecule has 1 aliphatic heterocycles. The number of rotatable bonds is 8. The average molecular weight is 458 g/mol. The van der Waals surface area contributed by atoms with Crippen molar-refractivity contribution in [3.8, 4) is 5.75 Å². The van der Waals surface area contributed by atoms with Crippen LogP contribution in [0.15, 0.2) is 77.9 Å². The molecule has 0 saturated heterocycles. The van der Waals surface area contributed by atoms with Crippen LogP contribution in [0.1, 0.15) is 34.8 Å². The fourth-order valence-electron chi connectivity index (χ4n) is 4.04. The summed E-state index contributed by atoms with van der Waals surface area (Å²) >= 11 is 0. The number of benzene rings is 2. The largest absolute Gasteiger partial charge is 0.497 e. The third-order valence-corrected chi connectivity index (χ3v) is 5.80. The number of amides is 2. The third-order valence-electron chi connectivity index (χ3n) is 5.80. The number of carbonyl (C=O) groups is 2. The Bertz CT molecular complexity index is 1180. The van der Waals surface area contributed by atoms with Crippen LogP contribution in [0.4, 0.5) is 4.79 Å². The van der Waals surface area contributed by atoms with E-state index in [1.807, 2.05) is 73.7 Å². The molecule has 1 aliphatic rings. The molecule has 0 saturated carbocycles. The zero-order valence-corrected chi connectivity index (χ0v) is 19.2. The van der Waals surface area contributed by atoms with E-state index in [2.05, 4.69) is 15.3 Å². The molecular weight excluding hydrogens is 430 g/mol. The highest BCUT2D eigenvalue weighted by atomic mass is 16.5. The summed E-state index contributed by atoms with van der Waals surface area (Å²) < 4.78 is 10.9. The van der Waals surface area contributed by atoms with Crippen LogP contribution in [0.5, 0.6) is 5.75 Å². The molecule has 7 nitrogen and oxygen atoms in total. The van der Waals surface area contributed by atoms with Gasteiger partial charge in [-0.15, -0.1) is 0 Å². The molecule has 174 valence electrons. The van der Waals surface area contributed by atoms with E-state index in [1.165, 1.54) is 0 Å². The molecule has 0 radical (unpaired) electrons. The lowest BCUT2D eigenvalue weighted by Crippen LogP contribution is -2.45. The molecule has 4 rings (SSSR count). The van der Waals surface area contributed by atoms with Crippen LogP contribution < -0.4 is 10.1 Å². The lowest BCUT2D eigenvalue weighted by Gasteiger charge is -2.31. The van der Waals surface area contributed by atoms with Gasteiger partial charge in [-0.05, 0) is 60.7 Å². The predicted molar refractivity (Wildman–Crippen MR) is 129 cm³/mol. The topological polar surface area (TPSA) is 89.9 Å². The highest BCUT2D eigenvalue weighted by Gasteiger charge is 2.39. The van der Waals surface area contributed by atoms with Crippen molar-refractivity contribution in [2.45, 2.75) is 32.4 Å². The SMILES string of the molecule is COc1ccc(CCC2=NC(=O)NC(c3ccnc(C)c3)C2C(=O)OCc2ccccc2)cc1. The second-order valence-corrected chi connectivity index (χ2v) is 8.18. The lowest BCUT2D eigenvalue weighted by molar-refractivity contribution is -0.148. The molecule has 2 amide bonds. The number of pyridine rings is 1. The molecule has 0 bridgehead atoms. The van der Waals surface area contributed by atoms with Gasteiger partial charge in [-0.1, -0.05) is 42.5 Å². The first-order valence-electron chi connectivity index (χ1n) is 11.2. The summed E-state index contributed by atoms with van der Waals surface area (Å²) in [6.45, 7) is 2.02. The number of aryl methyl sites for hydroxylation is 2. The number of aromatic nitrogens is 1. The molecule has 1 N–H and O–H groups in total. The van der Waals surface area contributed by atoms with Crippen molar-refractivity contribution in [3.05, 3.63) is 95.3 Å². The quantitative estimate of drug-likeness (QED) is 0.500. The van der Waals surface area contributed by atoms with Crippen LogP contribution in [0, 0.1) is 12.8 Å². The summed E-state index contributed by atoms with van der Waals surface area (Å²) in [5, 5.41) is 2.86. The fraction of sp³-hybridized carbons (Fsp3) is 0.259. The van der Waals surface area contributed by atoms with Gasteiger partial charge in [0.1, 0.15) is 18.3 Å². The van der Waals surface area contributed by atoms with Crippen LogP contribution in [0.3, 0.4) is 0 Å². The van der Waals surface area contributed by atoms with Crippen LogP contribution in [0.2, 0.25) is 0 Å². The number of hydrogen-bond acceptors (Lipinski definition) is 5. The summed E-state index contributed by atoms with van der Waals surface area (Å²) in [5.41, 5.74) is 4.05. The van der Waals surface area contributed by atoms with Crippen molar-refractivity contribution in [2.75, 3.05) is 7.11 Å². The van der Waals surface area contributed by atoms with Crippen molar-refractivity contribution in [2.24, 2.45) is 10.9 Å². The lowest BCUT2D eigenvalue weighted by atomic mass is 9.85. The Morgan fingerprint density at radius 2 is 1.76 bits per heavy atom. The van der Waals surface area contributed by atoms with Gasteiger partial charge in [-0.25, -0.2) is 9.79 Å². The van der Waals surface area contributed by atoms with Crippen molar-refractivity contribution < 1.29 is 19.1 Å². The number of methoxy groups -OCH3 is 1. The molecule has 0 spiro atoms. The Morgan fingerprint density at radius 3 is 2.47 bits per heavy atom. The number of nitrogens with one attached hydrogen (secondary N) is 1. The first-order chi connectivity index (χ1) is 16.5. The number of urea groups is 1. The minimum Gasteiger partial charge on any atom is -0.497 e. The van der Waals surface area contributed by atoms with Gasteiger partial charge in [0.25, 0.3) is 0 Å². The van der Waals surface area contributed by atoms with Gasteiger partial charge in [0, 0.05) is 17.6 Å². The summed E-state index contributed by atoms with van der Waals surface area (Å²) in [5.74, 6) is -0.383. The monoisotopic (exact) mass is 457 g/mol. The number of aliphatic imine (C=N–C) groups is 1. The van der Waals surface area contributed by atoms with E-state index in [9.17, 15) is 9.59 Å². The van der Waals surface area contributed by atoms with Gasteiger partial charge >= 0.3 is 12.0 Å². The Hall–Kier alpha value is -4.00. The first-order valence-corrected chi connectivity index (χ1v) is 11.2. The standard InChI is InChI=1S/C27H27N3O4/c1-18-16-21(14-15-28-18)25-24(26(31)34-17-20-6-4-3-5-7-20)23(29-27(32)30-25)13-10-19-8-11-22(33-2)12-9-19/h3-9,11-12,14-16,24-25H,10,13,17H2,1-2H3,(H,30,32). The van der Waals surface area contributed by atoms with Gasteiger partial charge in [-0.2, -0.15) is 0 Å². The molecule has 2 aromatic carbocycles. The Labute approximate surface area is 198 Å². The third kappa shape index (κ3) is 5.67. The number of nitrogens with zero attached hydrogens (tertiary/aromatic N) is 2. The number of carbonyl (C=O) groups excluding carboxylic acids is 2. The van der Waals surface area contributed by atoms with Crippen LogP contribution in [0.25, 0.3) is 0 Å². The van der Waals surface area contributed by atoms with E-state index in [-0.39, 0.29) is 6.61 Å². The van der Waals surface area contributed by atoms with Crippen molar-refractivity contribution in [1.29, 1.82) is 0 Å². The van der Waals surface area contributed by atoms with Gasteiger partial charge < -0.3 is 14.8 Å². The second-order valence-electron chi connectivity index (χ2n) is 8.18. The van der Waals surface area contributed by atoms with Crippen LogP contribution >= 0.6 is 0 Å². The van der Waals surface area contributed by atoms with Crippen molar-refractivity contribution in [3.63, 3.8) is 0 Å².